The van der Waals surface area contributed by atoms with Gasteiger partial charge in [-0.25, -0.2) is 4.79 Å². The molecule has 1 rings (SSSR count). The summed E-state index contributed by atoms with van der Waals surface area (Å²) in [5.74, 6) is 0. The lowest BCUT2D eigenvalue weighted by Crippen LogP contribution is -2.50. The molecule has 112 valence electrons. The van der Waals surface area contributed by atoms with Crippen LogP contribution in [0.2, 0.25) is 0 Å². The maximum absolute atomic E-state index is 12.1. The molecule has 0 heterocycles. The highest BCUT2D eigenvalue weighted by atomic mass is 16.3. The molecule has 0 aromatic heterocycles. The molecule has 1 aromatic rings. The highest BCUT2D eigenvalue weighted by Gasteiger charge is 2.24. The first-order valence-corrected chi connectivity index (χ1v) is 7.32. The summed E-state index contributed by atoms with van der Waals surface area (Å²) in [6, 6.07) is 7.55. The van der Waals surface area contributed by atoms with Gasteiger partial charge in [0.2, 0.25) is 0 Å². The second kappa shape index (κ2) is 7.90. The van der Waals surface area contributed by atoms with Crippen LogP contribution in [0, 0.1) is 0 Å². The minimum Gasteiger partial charge on any atom is -0.394 e. The fourth-order valence-electron chi connectivity index (χ4n) is 2.29. The lowest BCUT2D eigenvalue weighted by molar-refractivity contribution is 0.167. The molecule has 0 saturated heterocycles. The van der Waals surface area contributed by atoms with Crippen LogP contribution in [0.25, 0.3) is 0 Å². The standard InChI is InChI=1S/C16H26N2O2/c1-4-8-13-9-6-7-10-14(13)17-15(20)18-16(3,12-19)11-5-2/h6-7,9-10,19H,4-5,8,11-12H2,1-3H3,(H2,17,18,20). The zero-order valence-electron chi connectivity index (χ0n) is 12.7. The molecule has 20 heavy (non-hydrogen) atoms. The molecule has 0 aliphatic heterocycles. The molecule has 0 aliphatic rings. The van der Waals surface area contributed by atoms with Crippen molar-refractivity contribution in [3.05, 3.63) is 29.8 Å². The van der Waals surface area contributed by atoms with Crippen molar-refractivity contribution in [2.75, 3.05) is 11.9 Å². The highest BCUT2D eigenvalue weighted by Crippen LogP contribution is 2.17. The van der Waals surface area contributed by atoms with E-state index in [4.69, 9.17) is 0 Å². The third-order valence-corrected chi connectivity index (χ3v) is 3.35. The molecule has 0 spiro atoms. The highest BCUT2D eigenvalue weighted by molar-refractivity contribution is 5.90. The monoisotopic (exact) mass is 278 g/mol. The molecule has 0 saturated carbocycles. The smallest absolute Gasteiger partial charge is 0.319 e. The van der Waals surface area contributed by atoms with Crippen molar-refractivity contribution in [1.29, 1.82) is 0 Å². The largest absolute Gasteiger partial charge is 0.394 e. The van der Waals surface area contributed by atoms with Gasteiger partial charge >= 0.3 is 6.03 Å². The summed E-state index contributed by atoms with van der Waals surface area (Å²) in [5.41, 5.74) is 1.40. The first-order chi connectivity index (χ1) is 9.54. The summed E-state index contributed by atoms with van der Waals surface area (Å²) >= 11 is 0. The van der Waals surface area contributed by atoms with Crippen LogP contribution in [0.5, 0.6) is 0 Å². The van der Waals surface area contributed by atoms with Crippen LogP contribution in [-0.4, -0.2) is 23.3 Å². The number of hydrogen-bond acceptors (Lipinski definition) is 2. The number of aliphatic hydroxyl groups is 1. The normalized spacial score (nSPS) is 13.6. The maximum atomic E-state index is 12.1. The molecule has 4 nitrogen and oxygen atoms in total. The van der Waals surface area contributed by atoms with Crippen LogP contribution in [0.15, 0.2) is 24.3 Å². The Hall–Kier alpha value is -1.55. The van der Waals surface area contributed by atoms with Crippen LogP contribution >= 0.6 is 0 Å². The number of carbonyl (C=O) groups excluding carboxylic acids is 1. The fraction of sp³-hybridized carbons (Fsp3) is 0.562. The van der Waals surface area contributed by atoms with E-state index >= 15 is 0 Å². The molecule has 0 radical (unpaired) electrons. The zero-order valence-corrected chi connectivity index (χ0v) is 12.7. The van der Waals surface area contributed by atoms with Crippen molar-refractivity contribution in [1.82, 2.24) is 5.32 Å². The molecule has 0 aliphatic carbocycles. The molecule has 3 N–H and O–H groups in total. The van der Waals surface area contributed by atoms with Crippen molar-refractivity contribution in [3.63, 3.8) is 0 Å². The lowest BCUT2D eigenvalue weighted by Gasteiger charge is -2.28. The van der Waals surface area contributed by atoms with Gasteiger partial charge in [-0.15, -0.1) is 0 Å². The molecular formula is C16H26N2O2. The Balaban J connectivity index is 2.71. The first kappa shape index (κ1) is 16.5. The Morgan fingerprint density at radius 2 is 1.95 bits per heavy atom. The Kier molecular flexibility index (Phi) is 6.52. The lowest BCUT2D eigenvalue weighted by atomic mass is 9.97. The molecule has 0 fully saturated rings. The average molecular weight is 278 g/mol. The van der Waals surface area contributed by atoms with Gasteiger partial charge in [-0.05, 0) is 31.4 Å². The Morgan fingerprint density at radius 3 is 2.55 bits per heavy atom. The average Bonchev–Trinajstić information content (AvgIpc) is 2.41. The van der Waals surface area contributed by atoms with Crippen molar-refractivity contribution in [2.24, 2.45) is 0 Å². The van der Waals surface area contributed by atoms with Gasteiger partial charge in [0.15, 0.2) is 0 Å². The summed E-state index contributed by atoms with van der Waals surface area (Å²) in [5, 5.41) is 15.2. The van der Waals surface area contributed by atoms with Gasteiger partial charge in [-0.3, -0.25) is 0 Å². The zero-order chi connectivity index (χ0) is 15.0. The van der Waals surface area contributed by atoms with E-state index < -0.39 is 5.54 Å². The van der Waals surface area contributed by atoms with E-state index in [1.807, 2.05) is 38.1 Å². The number of anilines is 1. The summed E-state index contributed by atoms with van der Waals surface area (Å²) in [6.07, 6.45) is 3.62. The SMILES string of the molecule is CCCc1ccccc1NC(=O)NC(C)(CO)CCC. The van der Waals surface area contributed by atoms with Crippen LogP contribution in [0.3, 0.4) is 0 Å². The predicted molar refractivity (Wildman–Crippen MR) is 83.0 cm³/mol. The second-order valence-electron chi connectivity index (χ2n) is 5.46. The molecule has 2 amide bonds. The van der Waals surface area contributed by atoms with E-state index in [1.165, 1.54) is 0 Å². The third-order valence-electron chi connectivity index (χ3n) is 3.35. The van der Waals surface area contributed by atoms with Gasteiger partial charge in [0.05, 0.1) is 12.1 Å². The Morgan fingerprint density at radius 1 is 1.25 bits per heavy atom. The maximum Gasteiger partial charge on any atom is 0.319 e. The van der Waals surface area contributed by atoms with Crippen molar-refractivity contribution < 1.29 is 9.90 Å². The summed E-state index contributed by atoms with van der Waals surface area (Å²) in [7, 11) is 0. The fourth-order valence-corrected chi connectivity index (χ4v) is 2.29. The number of carbonyl (C=O) groups is 1. The number of nitrogens with one attached hydrogen (secondary N) is 2. The van der Waals surface area contributed by atoms with Crippen molar-refractivity contribution >= 4 is 11.7 Å². The summed E-state index contributed by atoms with van der Waals surface area (Å²) in [4.78, 5) is 12.1. The molecule has 1 atom stereocenters. The Bertz CT molecular complexity index is 434. The second-order valence-corrected chi connectivity index (χ2v) is 5.46. The quantitative estimate of drug-likeness (QED) is 0.716. The van der Waals surface area contributed by atoms with Crippen LogP contribution in [0.4, 0.5) is 10.5 Å². The minimum atomic E-state index is -0.571. The van der Waals surface area contributed by atoms with Gasteiger partial charge in [-0.1, -0.05) is 44.9 Å². The number of amides is 2. The van der Waals surface area contributed by atoms with Gasteiger partial charge in [0.1, 0.15) is 0 Å². The number of rotatable bonds is 7. The molecule has 1 unspecified atom stereocenters. The summed E-state index contributed by atoms with van der Waals surface area (Å²) < 4.78 is 0. The van der Waals surface area contributed by atoms with E-state index in [2.05, 4.69) is 17.6 Å². The van der Waals surface area contributed by atoms with Crippen LogP contribution in [0.1, 0.15) is 45.6 Å². The van der Waals surface area contributed by atoms with E-state index in [0.29, 0.717) is 0 Å². The third kappa shape index (κ3) is 4.85. The Labute approximate surface area is 121 Å². The van der Waals surface area contributed by atoms with Gasteiger partial charge in [-0.2, -0.15) is 0 Å². The molecule has 0 bridgehead atoms. The number of benzene rings is 1. The minimum absolute atomic E-state index is 0.0646. The van der Waals surface area contributed by atoms with Gasteiger partial charge < -0.3 is 15.7 Å². The van der Waals surface area contributed by atoms with Gasteiger partial charge in [0, 0.05) is 5.69 Å². The van der Waals surface area contributed by atoms with E-state index in [1.54, 1.807) is 0 Å². The van der Waals surface area contributed by atoms with Crippen LogP contribution < -0.4 is 10.6 Å². The van der Waals surface area contributed by atoms with Crippen molar-refractivity contribution in [3.8, 4) is 0 Å². The molecule has 4 heteroatoms. The van der Waals surface area contributed by atoms with Crippen molar-refractivity contribution in [2.45, 2.75) is 52.0 Å². The first-order valence-electron chi connectivity index (χ1n) is 7.32. The van der Waals surface area contributed by atoms with E-state index in [9.17, 15) is 9.90 Å². The molecule has 1 aromatic carbocycles. The number of aliphatic hydroxyl groups excluding tert-OH is 1. The molecular weight excluding hydrogens is 252 g/mol. The van der Waals surface area contributed by atoms with E-state index in [0.717, 1.165) is 36.9 Å². The number of aryl methyl sites for hydroxylation is 1. The van der Waals surface area contributed by atoms with Gasteiger partial charge in [0.25, 0.3) is 0 Å². The van der Waals surface area contributed by atoms with E-state index in [-0.39, 0.29) is 12.6 Å². The summed E-state index contributed by atoms with van der Waals surface area (Å²) in [6.45, 7) is 5.93. The number of para-hydroxylation sites is 1. The number of urea groups is 1. The predicted octanol–water partition coefficient (Wildman–Crippen LogP) is 3.31. The topological polar surface area (TPSA) is 61.4 Å². The number of hydrogen-bond donors (Lipinski definition) is 3. The van der Waals surface area contributed by atoms with Crippen LogP contribution in [-0.2, 0) is 6.42 Å².